The third kappa shape index (κ3) is 4.13. The number of nitrogens with one attached hydrogen (secondary N) is 1. The van der Waals surface area contributed by atoms with E-state index in [0.29, 0.717) is 10.8 Å². The molecule has 0 radical (unpaired) electrons. The van der Waals surface area contributed by atoms with Crippen LogP contribution in [-0.4, -0.2) is 35.3 Å². The van der Waals surface area contributed by atoms with E-state index in [2.05, 4.69) is 5.32 Å². The summed E-state index contributed by atoms with van der Waals surface area (Å²) in [5.41, 5.74) is 3.48. The molecular weight excluding hydrogens is 396 g/mol. The average molecular weight is 419 g/mol. The number of ether oxygens (including phenoxy) is 1. The van der Waals surface area contributed by atoms with Crippen LogP contribution in [0.15, 0.2) is 42.5 Å². The molecule has 1 N–H and O–H groups in total. The predicted molar refractivity (Wildman–Crippen MR) is 114 cm³/mol. The fourth-order valence-corrected chi connectivity index (χ4v) is 5.03. The Morgan fingerprint density at radius 1 is 1.18 bits per heavy atom. The number of amides is 2. The van der Waals surface area contributed by atoms with E-state index in [1.807, 2.05) is 50.2 Å². The van der Waals surface area contributed by atoms with Crippen LogP contribution in [0.4, 0.5) is 10.5 Å². The summed E-state index contributed by atoms with van der Waals surface area (Å²) in [7, 11) is 0. The molecule has 2 unspecified atom stereocenters. The monoisotopic (exact) mass is 418 g/mol. The maximum absolute atomic E-state index is 13.3. The van der Waals surface area contributed by atoms with Gasteiger partial charge in [-0.25, -0.2) is 9.59 Å². The minimum Gasteiger partial charge on any atom is -0.464 e. The number of thioether (sulfide) groups is 1. The quantitative estimate of drug-likeness (QED) is 0.696. The van der Waals surface area contributed by atoms with E-state index in [1.165, 1.54) is 11.8 Å². The van der Waals surface area contributed by atoms with Crippen LogP contribution in [0.2, 0.25) is 5.02 Å². The number of nitrogens with zero attached hydrogens (tertiary/aromatic N) is 1. The van der Waals surface area contributed by atoms with Crippen LogP contribution in [0.25, 0.3) is 0 Å². The van der Waals surface area contributed by atoms with Crippen LogP contribution in [-0.2, 0) is 9.53 Å². The third-order valence-electron chi connectivity index (χ3n) is 4.68. The minimum absolute atomic E-state index is 0.267. The molecule has 148 valence electrons. The molecule has 3 rings (SSSR count). The van der Waals surface area contributed by atoms with Crippen LogP contribution in [0.5, 0.6) is 0 Å². The van der Waals surface area contributed by atoms with Crippen molar-refractivity contribution in [1.82, 2.24) is 4.90 Å². The second-order valence-electron chi connectivity index (χ2n) is 6.58. The first-order valence-electron chi connectivity index (χ1n) is 9.12. The van der Waals surface area contributed by atoms with Gasteiger partial charge in [0.2, 0.25) is 0 Å². The van der Waals surface area contributed by atoms with Gasteiger partial charge < -0.3 is 10.1 Å². The van der Waals surface area contributed by atoms with E-state index in [9.17, 15) is 9.59 Å². The van der Waals surface area contributed by atoms with Gasteiger partial charge >= 0.3 is 12.0 Å². The van der Waals surface area contributed by atoms with Crippen molar-refractivity contribution >= 4 is 41.1 Å². The molecule has 1 heterocycles. The molecule has 5 nitrogen and oxygen atoms in total. The van der Waals surface area contributed by atoms with Crippen LogP contribution in [0.3, 0.4) is 0 Å². The Kier molecular flexibility index (Phi) is 6.52. The maximum atomic E-state index is 13.3. The summed E-state index contributed by atoms with van der Waals surface area (Å²) in [4.78, 5) is 27.4. The molecule has 1 aliphatic heterocycles. The van der Waals surface area contributed by atoms with Crippen LogP contribution in [0, 0.1) is 13.8 Å². The van der Waals surface area contributed by atoms with E-state index in [4.69, 9.17) is 16.3 Å². The van der Waals surface area contributed by atoms with Crippen molar-refractivity contribution < 1.29 is 14.3 Å². The summed E-state index contributed by atoms with van der Waals surface area (Å²) in [6.45, 7) is 5.90. The van der Waals surface area contributed by atoms with E-state index in [-0.39, 0.29) is 18.0 Å². The summed E-state index contributed by atoms with van der Waals surface area (Å²) in [5, 5.41) is 3.19. The number of carbonyl (C=O) groups excluding carboxylic acids is 2. The Bertz CT molecular complexity index is 869. The van der Waals surface area contributed by atoms with Crippen LogP contribution < -0.4 is 5.32 Å². The van der Waals surface area contributed by atoms with E-state index < -0.39 is 12.0 Å². The number of aryl methyl sites for hydroxylation is 2. The molecule has 7 heteroatoms. The van der Waals surface area contributed by atoms with Crippen LogP contribution >= 0.6 is 23.4 Å². The largest absolute Gasteiger partial charge is 0.464 e. The molecule has 2 aromatic rings. The number of halogens is 1. The molecular formula is C21H23ClN2O3S. The summed E-state index contributed by atoms with van der Waals surface area (Å²) in [5.74, 6) is 0.0516. The number of para-hydroxylation sites is 1. The summed E-state index contributed by atoms with van der Waals surface area (Å²) in [6.07, 6.45) is 0. The molecule has 1 saturated heterocycles. The van der Waals surface area contributed by atoms with Gasteiger partial charge in [0.15, 0.2) is 0 Å². The third-order valence-corrected chi connectivity index (χ3v) is 6.33. The zero-order valence-electron chi connectivity index (χ0n) is 16.1. The first kappa shape index (κ1) is 20.6. The van der Waals surface area contributed by atoms with Gasteiger partial charge in [-0.15, -0.1) is 11.8 Å². The standard InChI is InChI=1S/C21H23ClN2O3S/c1-4-27-20(25)17-12-28-19(15-10-5-6-11-16(15)22)24(17)21(26)23-18-13(2)8-7-9-14(18)3/h5-11,17,19H,4,12H2,1-3H3,(H,23,26). The highest BCUT2D eigenvalue weighted by Gasteiger charge is 2.44. The van der Waals surface area contributed by atoms with Crippen molar-refractivity contribution in [2.75, 3.05) is 17.7 Å². The lowest BCUT2D eigenvalue weighted by Gasteiger charge is -2.29. The Morgan fingerprint density at radius 3 is 2.50 bits per heavy atom. The molecule has 2 aromatic carbocycles. The number of rotatable bonds is 4. The molecule has 1 fully saturated rings. The molecule has 0 aromatic heterocycles. The molecule has 0 spiro atoms. The van der Waals surface area contributed by atoms with Crippen molar-refractivity contribution in [1.29, 1.82) is 0 Å². The average Bonchev–Trinajstić information content (AvgIpc) is 3.10. The van der Waals surface area contributed by atoms with Gasteiger partial charge in [-0.1, -0.05) is 48.0 Å². The summed E-state index contributed by atoms with van der Waals surface area (Å²) >= 11 is 7.89. The highest BCUT2D eigenvalue weighted by Crippen LogP contribution is 2.44. The molecule has 2 atom stereocenters. The fraction of sp³-hybridized carbons (Fsp3) is 0.333. The lowest BCUT2D eigenvalue weighted by atomic mass is 10.1. The Labute approximate surface area is 174 Å². The van der Waals surface area contributed by atoms with Gasteiger partial charge in [0.05, 0.1) is 6.61 Å². The Morgan fingerprint density at radius 2 is 1.86 bits per heavy atom. The van der Waals surface area contributed by atoms with E-state index >= 15 is 0 Å². The molecule has 0 bridgehead atoms. The van der Waals surface area contributed by atoms with Gasteiger partial charge in [-0.05, 0) is 38.0 Å². The van der Waals surface area contributed by atoms with E-state index in [1.54, 1.807) is 17.9 Å². The van der Waals surface area contributed by atoms with Crippen molar-refractivity contribution in [3.05, 3.63) is 64.2 Å². The number of esters is 1. The van der Waals surface area contributed by atoms with Gasteiger partial charge in [0.1, 0.15) is 11.4 Å². The number of urea groups is 1. The summed E-state index contributed by atoms with van der Waals surface area (Å²) in [6, 6.07) is 12.2. The normalized spacial score (nSPS) is 18.8. The van der Waals surface area contributed by atoms with Gasteiger partial charge in [-0.3, -0.25) is 4.90 Å². The highest BCUT2D eigenvalue weighted by atomic mass is 35.5. The summed E-state index contributed by atoms with van der Waals surface area (Å²) < 4.78 is 5.21. The second-order valence-corrected chi connectivity index (χ2v) is 8.10. The highest BCUT2D eigenvalue weighted by molar-refractivity contribution is 7.99. The van der Waals surface area contributed by atoms with Crippen molar-refractivity contribution in [2.45, 2.75) is 32.2 Å². The Hall–Kier alpha value is -2.18. The topological polar surface area (TPSA) is 58.6 Å². The number of carbonyl (C=O) groups is 2. The number of anilines is 1. The molecule has 2 amide bonds. The second kappa shape index (κ2) is 8.88. The molecule has 0 saturated carbocycles. The smallest absolute Gasteiger partial charge is 0.329 e. The minimum atomic E-state index is -0.671. The van der Waals surface area contributed by atoms with E-state index in [0.717, 1.165) is 22.4 Å². The Balaban J connectivity index is 1.95. The van der Waals surface area contributed by atoms with Gasteiger partial charge in [-0.2, -0.15) is 0 Å². The molecule has 0 aliphatic carbocycles. The SMILES string of the molecule is CCOC(=O)C1CSC(c2ccccc2Cl)N1C(=O)Nc1c(C)cccc1C. The zero-order valence-corrected chi connectivity index (χ0v) is 17.6. The first-order chi connectivity index (χ1) is 13.4. The number of benzene rings is 2. The van der Waals surface area contributed by atoms with Gasteiger partial charge in [0, 0.05) is 22.0 Å². The maximum Gasteiger partial charge on any atom is 0.329 e. The predicted octanol–water partition coefficient (Wildman–Crippen LogP) is 5.17. The van der Waals surface area contributed by atoms with Crippen molar-refractivity contribution in [2.24, 2.45) is 0 Å². The number of hydrogen-bond acceptors (Lipinski definition) is 4. The van der Waals surface area contributed by atoms with Crippen molar-refractivity contribution in [3.8, 4) is 0 Å². The number of hydrogen-bond donors (Lipinski definition) is 1. The lowest BCUT2D eigenvalue weighted by molar-refractivity contribution is -0.147. The molecule has 1 aliphatic rings. The molecule has 28 heavy (non-hydrogen) atoms. The zero-order chi connectivity index (χ0) is 20.3. The fourth-order valence-electron chi connectivity index (χ4n) is 3.27. The van der Waals surface area contributed by atoms with Crippen molar-refractivity contribution in [3.63, 3.8) is 0 Å². The van der Waals surface area contributed by atoms with Crippen LogP contribution in [0.1, 0.15) is 29.0 Å². The van der Waals surface area contributed by atoms with Gasteiger partial charge in [0.25, 0.3) is 0 Å². The lowest BCUT2D eigenvalue weighted by Crippen LogP contribution is -2.46. The first-order valence-corrected chi connectivity index (χ1v) is 10.5.